The van der Waals surface area contributed by atoms with E-state index in [1.54, 1.807) is 0 Å². The van der Waals surface area contributed by atoms with Gasteiger partial charge in [0, 0.05) is 17.9 Å². The Morgan fingerprint density at radius 1 is 1.14 bits per heavy atom. The molecule has 2 aromatic rings. The van der Waals surface area contributed by atoms with Gasteiger partial charge in [0.2, 0.25) is 0 Å². The maximum absolute atomic E-state index is 6.09. The highest BCUT2D eigenvalue weighted by Gasteiger charge is 2.24. The van der Waals surface area contributed by atoms with Crippen molar-refractivity contribution >= 4 is 11.8 Å². The molecule has 116 valence electrons. The molecule has 2 aromatic carbocycles. The van der Waals surface area contributed by atoms with E-state index < -0.39 is 0 Å². The first-order valence-corrected chi connectivity index (χ1v) is 8.77. The van der Waals surface area contributed by atoms with Crippen molar-refractivity contribution in [2.45, 2.75) is 18.8 Å². The van der Waals surface area contributed by atoms with Crippen LogP contribution in [0.5, 0.6) is 5.75 Å². The van der Waals surface area contributed by atoms with E-state index in [2.05, 4.69) is 68.4 Å². The van der Waals surface area contributed by atoms with Gasteiger partial charge in [-0.05, 0) is 43.8 Å². The lowest BCUT2D eigenvalue weighted by atomic mass is 9.99. The van der Waals surface area contributed by atoms with Crippen LogP contribution in [0.15, 0.2) is 42.5 Å². The van der Waals surface area contributed by atoms with Crippen LogP contribution >= 0.6 is 11.8 Å². The van der Waals surface area contributed by atoms with Crippen LogP contribution < -0.4 is 4.74 Å². The van der Waals surface area contributed by atoms with E-state index in [0.29, 0.717) is 11.9 Å². The summed E-state index contributed by atoms with van der Waals surface area (Å²) in [5.41, 5.74) is 5.26. The second-order valence-corrected chi connectivity index (χ2v) is 7.30. The SMILES string of the molecule is Cc1ccc2c(c1)OCc1ccccc1C2SCCN(C)C. The Labute approximate surface area is 137 Å². The highest BCUT2D eigenvalue weighted by Crippen LogP contribution is 2.44. The molecule has 1 atom stereocenters. The molecule has 0 saturated heterocycles. The van der Waals surface area contributed by atoms with Gasteiger partial charge in [0.25, 0.3) is 0 Å². The first-order chi connectivity index (χ1) is 10.6. The highest BCUT2D eigenvalue weighted by atomic mass is 32.2. The predicted molar refractivity (Wildman–Crippen MR) is 94.8 cm³/mol. The number of benzene rings is 2. The molecule has 0 spiro atoms. The molecule has 1 heterocycles. The molecule has 1 unspecified atom stereocenters. The maximum atomic E-state index is 6.09. The van der Waals surface area contributed by atoms with Crippen LogP contribution in [0.3, 0.4) is 0 Å². The second-order valence-electron chi connectivity index (χ2n) is 6.08. The van der Waals surface area contributed by atoms with Crippen molar-refractivity contribution in [3.63, 3.8) is 0 Å². The molecule has 3 rings (SSSR count). The summed E-state index contributed by atoms with van der Waals surface area (Å²) in [6.45, 7) is 3.87. The Morgan fingerprint density at radius 2 is 1.95 bits per heavy atom. The maximum Gasteiger partial charge on any atom is 0.124 e. The van der Waals surface area contributed by atoms with Gasteiger partial charge in [-0.1, -0.05) is 36.4 Å². The molecule has 2 nitrogen and oxygen atoms in total. The number of aryl methyl sites for hydroxylation is 1. The zero-order valence-electron chi connectivity index (χ0n) is 13.5. The number of nitrogens with zero attached hydrogens (tertiary/aromatic N) is 1. The fourth-order valence-corrected chi connectivity index (χ4v) is 4.25. The Hall–Kier alpha value is -1.45. The minimum atomic E-state index is 0.356. The van der Waals surface area contributed by atoms with Gasteiger partial charge in [-0.3, -0.25) is 0 Å². The first kappa shape index (κ1) is 15.4. The average Bonchev–Trinajstić information content (AvgIpc) is 2.64. The molecular formula is C19H23NOS. The van der Waals surface area contributed by atoms with Gasteiger partial charge in [-0.2, -0.15) is 0 Å². The van der Waals surface area contributed by atoms with Gasteiger partial charge in [0.1, 0.15) is 12.4 Å². The monoisotopic (exact) mass is 313 g/mol. The van der Waals surface area contributed by atoms with Crippen LogP contribution in [0.1, 0.15) is 27.5 Å². The second kappa shape index (κ2) is 6.76. The minimum Gasteiger partial charge on any atom is -0.489 e. The summed E-state index contributed by atoms with van der Waals surface area (Å²) in [6, 6.07) is 15.3. The van der Waals surface area contributed by atoms with Crippen molar-refractivity contribution in [1.29, 1.82) is 0 Å². The lowest BCUT2D eigenvalue weighted by Crippen LogP contribution is -2.15. The fraction of sp³-hybridized carbons (Fsp3) is 0.368. The van der Waals surface area contributed by atoms with E-state index in [-0.39, 0.29) is 0 Å². The van der Waals surface area contributed by atoms with Crippen LogP contribution in [-0.2, 0) is 6.61 Å². The summed E-state index contributed by atoms with van der Waals surface area (Å²) in [6.07, 6.45) is 0. The third kappa shape index (κ3) is 3.31. The number of ether oxygens (including phenoxy) is 1. The summed E-state index contributed by atoms with van der Waals surface area (Å²) < 4.78 is 6.09. The van der Waals surface area contributed by atoms with Crippen LogP contribution in [-0.4, -0.2) is 31.3 Å². The Kier molecular flexibility index (Phi) is 4.74. The Bertz CT molecular complexity index is 654. The van der Waals surface area contributed by atoms with Crippen molar-refractivity contribution in [3.05, 3.63) is 64.7 Å². The molecule has 0 fully saturated rings. The molecule has 0 saturated carbocycles. The van der Waals surface area contributed by atoms with E-state index in [9.17, 15) is 0 Å². The van der Waals surface area contributed by atoms with E-state index in [1.807, 2.05) is 11.8 Å². The average molecular weight is 313 g/mol. The normalized spacial score (nSPS) is 16.6. The smallest absolute Gasteiger partial charge is 0.124 e. The summed E-state index contributed by atoms with van der Waals surface area (Å²) in [5.74, 6) is 2.15. The summed E-state index contributed by atoms with van der Waals surface area (Å²) in [7, 11) is 4.25. The number of rotatable bonds is 4. The lowest BCUT2D eigenvalue weighted by Gasteiger charge is -2.20. The van der Waals surface area contributed by atoms with Crippen molar-refractivity contribution in [3.8, 4) is 5.75 Å². The molecule has 0 radical (unpaired) electrons. The topological polar surface area (TPSA) is 12.5 Å². The van der Waals surface area contributed by atoms with E-state index in [4.69, 9.17) is 4.74 Å². The molecule has 1 aliphatic heterocycles. The molecule has 0 aromatic heterocycles. The summed E-state index contributed by atoms with van der Waals surface area (Å²) >= 11 is 2.01. The molecule has 0 amide bonds. The molecule has 0 bridgehead atoms. The van der Waals surface area contributed by atoms with Gasteiger partial charge in [0.05, 0.1) is 5.25 Å². The molecular weight excluding hydrogens is 290 g/mol. The standard InChI is InChI=1S/C19H23NOS/c1-14-8-9-17-18(12-14)21-13-15-6-4-5-7-16(15)19(17)22-11-10-20(2)3/h4-9,12,19H,10-11,13H2,1-3H3. The first-order valence-electron chi connectivity index (χ1n) is 7.72. The van der Waals surface area contributed by atoms with Gasteiger partial charge in [-0.15, -0.1) is 11.8 Å². The third-order valence-corrected chi connectivity index (χ3v) is 5.25. The Morgan fingerprint density at radius 3 is 2.77 bits per heavy atom. The molecule has 1 aliphatic rings. The van der Waals surface area contributed by atoms with Crippen molar-refractivity contribution in [2.24, 2.45) is 0 Å². The minimum absolute atomic E-state index is 0.356. The van der Waals surface area contributed by atoms with Crippen molar-refractivity contribution in [1.82, 2.24) is 4.90 Å². The predicted octanol–water partition coefficient (Wildman–Crippen LogP) is 4.27. The van der Waals surface area contributed by atoms with Crippen LogP contribution in [0, 0.1) is 6.92 Å². The van der Waals surface area contributed by atoms with E-state index in [1.165, 1.54) is 22.3 Å². The lowest BCUT2D eigenvalue weighted by molar-refractivity contribution is 0.307. The number of thioether (sulfide) groups is 1. The third-order valence-electron chi connectivity index (χ3n) is 4.00. The zero-order chi connectivity index (χ0) is 15.5. The van der Waals surface area contributed by atoms with Gasteiger partial charge < -0.3 is 9.64 Å². The molecule has 0 N–H and O–H groups in total. The van der Waals surface area contributed by atoms with E-state index >= 15 is 0 Å². The van der Waals surface area contributed by atoms with Crippen LogP contribution in [0.2, 0.25) is 0 Å². The van der Waals surface area contributed by atoms with Gasteiger partial charge >= 0.3 is 0 Å². The number of fused-ring (bicyclic) bond motifs is 2. The zero-order valence-corrected chi connectivity index (χ0v) is 14.3. The van der Waals surface area contributed by atoms with Crippen LogP contribution in [0.25, 0.3) is 0 Å². The quantitative estimate of drug-likeness (QED) is 0.836. The van der Waals surface area contributed by atoms with Crippen molar-refractivity contribution in [2.75, 3.05) is 26.4 Å². The molecule has 0 aliphatic carbocycles. The fourth-order valence-electron chi connectivity index (χ4n) is 2.76. The summed E-state index contributed by atoms with van der Waals surface area (Å²) in [5, 5.41) is 0.356. The van der Waals surface area contributed by atoms with Crippen molar-refractivity contribution < 1.29 is 4.74 Å². The number of hydrogen-bond donors (Lipinski definition) is 0. The summed E-state index contributed by atoms with van der Waals surface area (Å²) in [4.78, 5) is 2.24. The van der Waals surface area contributed by atoms with E-state index in [0.717, 1.165) is 18.0 Å². The highest BCUT2D eigenvalue weighted by molar-refractivity contribution is 7.99. The molecule has 22 heavy (non-hydrogen) atoms. The number of hydrogen-bond acceptors (Lipinski definition) is 3. The Balaban J connectivity index is 1.97. The van der Waals surface area contributed by atoms with Gasteiger partial charge in [0.15, 0.2) is 0 Å². The van der Waals surface area contributed by atoms with Crippen LogP contribution in [0.4, 0.5) is 0 Å². The van der Waals surface area contributed by atoms with Gasteiger partial charge in [-0.25, -0.2) is 0 Å². The largest absolute Gasteiger partial charge is 0.489 e. The molecule has 3 heteroatoms.